The number of rotatable bonds is 4. The lowest BCUT2D eigenvalue weighted by Crippen LogP contribution is -2.44. The van der Waals surface area contributed by atoms with Gasteiger partial charge >= 0.3 is 0 Å². The van der Waals surface area contributed by atoms with Crippen LogP contribution in [0.15, 0.2) is 77.8 Å². The van der Waals surface area contributed by atoms with Crippen molar-refractivity contribution in [1.82, 2.24) is 5.32 Å². The van der Waals surface area contributed by atoms with Crippen molar-refractivity contribution in [2.45, 2.75) is 12.5 Å². The van der Waals surface area contributed by atoms with Crippen molar-refractivity contribution >= 4 is 47.8 Å². The molecule has 3 N–H and O–H groups in total. The highest BCUT2D eigenvalue weighted by atomic mass is 35.5. The zero-order valence-electron chi connectivity index (χ0n) is 18.6. The fourth-order valence-electron chi connectivity index (χ4n) is 4.35. The number of phenols is 1. The van der Waals surface area contributed by atoms with Gasteiger partial charge in [0.1, 0.15) is 11.8 Å². The number of amides is 1. The van der Waals surface area contributed by atoms with Crippen molar-refractivity contribution in [3.05, 3.63) is 89.5 Å². The Bertz CT molecular complexity index is 1150. The average Bonchev–Trinajstić information content (AvgIpc) is 2.98. The predicted molar refractivity (Wildman–Crippen MR) is 142 cm³/mol. The van der Waals surface area contributed by atoms with Gasteiger partial charge in [-0.25, -0.2) is 0 Å². The second kappa shape index (κ2) is 11.4. The molecule has 0 radical (unpaired) electrons. The number of aliphatic imine (C=N–C) groups is 1. The Morgan fingerprint density at radius 1 is 0.912 bits per heavy atom. The van der Waals surface area contributed by atoms with E-state index in [-0.39, 0.29) is 36.5 Å². The molecule has 3 aromatic carbocycles. The van der Waals surface area contributed by atoms with E-state index in [4.69, 9.17) is 4.99 Å². The van der Waals surface area contributed by atoms with E-state index in [2.05, 4.69) is 21.6 Å². The topological polar surface area (TPSA) is 77.0 Å². The molecular formula is C26H28Cl2N4O2. The predicted octanol–water partition coefficient (Wildman–Crippen LogP) is 4.05. The van der Waals surface area contributed by atoms with E-state index in [0.29, 0.717) is 6.42 Å². The fourth-order valence-corrected chi connectivity index (χ4v) is 4.35. The summed E-state index contributed by atoms with van der Waals surface area (Å²) in [4.78, 5) is 20.7. The van der Waals surface area contributed by atoms with E-state index in [1.807, 2.05) is 54.6 Å². The van der Waals surface area contributed by atoms with Crippen LogP contribution in [0.2, 0.25) is 0 Å². The first kappa shape index (κ1) is 25.6. The van der Waals surface area contributed by atoms with E-state index >= 15 is 0 Å². The number of halogens is 2. The molecule has 2 aliphatic heterocycles. The fraction of sp³-hybridized carbons (Fsp3) is 0.231. The van der Waals surface area contributed by atoms with Crippen molar-refractivity contribution in [2.24, 2.45) is 4.99 Å². The Hall–Kier alpha value is -3.06. The normalized spacial score (nSPS) is 17.3. The Labute approximate surface area is 211 Å². The molecule has 3 aromatic rings. The number of phenolic OH excluding ortho intramolecular Hbond substituents is 1. The van der Waals surface area contributed by atoms with Crippen LogP contribution < -0.4 is 15.5 Å². The molecular weight excluding hydrogens is 471 g/mol. The van der Waals surface area contributed by atoms with Gasteiger partial charge in [-0.2, -0.15) is 0 Å². The summed E-state index contributed by atoms with van der Waals surface area (Å²) in [5, 5.41) is 16.2. The first-order valence-electron chi connectivity index (χ1n) is 11.0. The Morgan fingerprint density at radius 3 is 2.32 bits per heavy atom. The maximum absolute atomic E-state index is 13.4. The number of hydrogen-bond acceptors (Lipinski definition) is 5. The Morgan fingerprint density at radius 2 is 1.62 bits per heavy atom. The second-order valence-corrected chi connectivity index (χ2v) is 8.16. The zero-order chi connectivity index (χ0) is 21.9. The summed E-state index contributed by atoms with van der Waals surface area (Å²) in [6, 6.07) is 22.6. The largest absolute Gasteiger partial charge is 0.508 e. The minimum absolute atomic E-state index is 0. The van der Waals surface area contributed by atoms with Gasteiger partial charge in [-0.1, -0.05) is 54.6 Å². The molecule has 1 saturated heterocycles. The van der Waals surface area contributed by atoms with Gasteiger partial charge in [-0.05, 0) is 23.8 Å². The number of nitrogens with one attached hydrogen (secondary N) is 2. The monoisotopic (exact) mass is 498 g/mol. The Kier molecular flexibility index (Phi) is 8.56. The van der Waals surface area contributed by atoms with Crippen molar-refractivity contribution in [3.8, 4) is 5.75 Å². The third kappa shape index (κ3) is 5.36. The number of benzodiazepines with no additional fused rings is 1. The van der Waals surface area contributed by atoms with Gasteiger partial charge in [-0.15, -0.1) is 24.8 Å². The third-order valence-electron chi connectivity index (χ3n) is 6.00. The number of carbonyl (C=O) groups excluding carboxylic acids is 1. The number of para-hydroxylation sites is 1. The van der Waals surface area contributed by atoms with Gasteiger partial charge in [0.15, 0.2) is 0 Å². The highest BCUT2D eigenvalue weighted by molar-refractivity contribution is 6.21. The van der Waals surface area contributed by atoms with Gasteiger partial charge in [0.2, 0.25) is 5.91 Å². The van der Waals surface area contributed by atoms with Gasteiger partial charge in [0.05, 0.1) is 17.1 Å². The van der Waals surface area contributed by atoms with E-state index in [0.717, 1.165) is 60.0 Å². The Balaban J connectivity index is 0.00000162. The molecule has 2 aliphatic rings. The second-order valence-electron chi connectivity index (χ2n) is 8.16. The molecule has 5 rings (SSSR count). The van der Waals surface area contributed by atoms with Gasteiger partial charge in [0, 0.05) is 43.7 Å². The lowest BCUT2D eigenvalue weighted by molar-refractivity contribution is -0.117. The summed E-state index contributed by atoms with van der Waals surface area (Å²) < 4.78 is 0. The smallest absolute Gasteiger partial charge is 0.249 e. The molecule has 0 bridgehead atoms. The summed E-state index contributed by atoms with van der Waals surface area (Å²) >= 11 is 0. The van der Waals surface area contributed by atoms with E-state index < -0.39 is 6.04 Å². The first-order chi connectivity index (χ1) is 15.7. The summed E-state index contributed by atoms with van der Waals surface area (Å²) in [6.07, 6.45) is 0.458. The molecule has 0 aliphatic carbocycles. The number of benzene rings is 3. The molecule has 0 aromatic heterocycles. The summed E-state index contributed by atoms with van der Waals surface area (Å²) in [5.74, 6) is 0.0912. The van der Waals surface area contributed by atoms with E-state index in [1.165, 1.54) is 0 Å². The van der Waals surface area contributed by atoms with Crippen LogP contribution in [0, 0.1) is 0 Å². The number of carbonyl (C=O) groups is 1. The maximum Gasteiger partial charge on any atom is 0.249 e. The van der Waals surface area contributed by atoms with Gasteiger partial charge in [-0.3, -0.25) is 9.79 Å². The van der Waals surface area contributed by atoms with Crippen LogP contribution in [0.4, 0.5) is 11.4 Å². The van der Waals surface area contributed by atoms with Crippen LogP contribution in [0.25, 0.3) is 0 Å². The van der Waals surface area contributed by atoms with Gasteiger partial charge < -0.3 is 20.6 Å². The lowest BCUT2D eigenvalue weighted by atomic mass is 9.99. The van der Waals surface area contributed by atoms with Crippen LogP contribution in [0.1, 0.15) is 16.7 Å². The van der Waals surface area contributed by atoms with Crippen LogP contribution >= 0.6 is 24.8 Å². The molecule has 2 heterocycles. The van der Waals surface area contributed by atoms with Crippen LogP contribution in [0.5, 0.6) is 5.75 Å². The minimum Gasteiger partial charge on any atom is -0.508 e. The highest BCUT2D eigenvalue weighted by Gasteiger charge is 2.29. The van der Waals surface area contributed by atoms with Crippen molar-refractivity contribution < 1.29 is 9.90 Å². The number of fused-ring (bicyclic) bond motifs is 1. The minimum atomic E-state index is -0.571. The van der Waals surface area contributed by atoms with Crippen molar-refractivity contribution in [2.75, 3.05) is 36.4 Å². The van der Waals surface area contributed by atoms with Crippen LogP contribution in [0.3, 0.4) is 0 Å². The van der Waals surface area contributed by atoms with E-state index in [1.54, 1.807) is 12.1 Å². The number of aromatic hydroxyl groups is 1. The summed E-state index contributed by atoms with van der Waals surface area (Å²) in [6.45, 7) is 3.61. The summed E-state index contributed by atoms with van der Waals surface area (Å²) in [7, 11) is 0. The number of nitrogens with zero attached hydrogens (tertiary/aromatic N) is 2. The van der Waals surface area contributed by atoms with Crippen molar-refractivity contribution in [3.63, 3.8) is 0 Å². The summed E-state index contributed by atoms with van der Waals surface area (Å²) in [5.41, 5.74) is 5.56. The molecule has 0 unspecified atom stereocenters. The van der Waals surface area contributed by atoms with Gasteiger partial charge in [0.25, 0.3) is 0 Å². The first-order valence-corrected chi connectivity index (χ1v) is 11.0. The van der Waals surface area contributed by atoms with Crippen LogP contribution in [-0.2, 0) is 11.2 Å². The standard InChI is InChI=1S/C26H26N4O2.2ClH/c31-20-11-9-18(10-12-20)17-22-26(32)29-25-21(24(28-22)19-5-2-1-3-6-19)7-4-8-23(25)30-15-13-27-14-16-30;;/h1-12,22,27,31H,13-17H2,(H,29,32);2*1H/t22-;;/m0../s1. The molecule has 8 heteroatoms. The number of hydrogen-bond donors (Lipinski definition) is 3. The average molecular weight is 499 g/mol. The highest BCUT2D eigenvalue weighted by Crippen LogP contribution is 2.34. The zero-order valence-corrected chi connectivity index (χ0v) is 20.2. The molecule has 0 saturated carbocycles. The van der Waals surface area contributed by atoms with E-state index in [9.17, 15) is 9.90 Å². The maximum atomic E-state index is 13.4. The molecule has 1 fully saturated rings. The molecule has 1 amide bonds. The van der Waals surface area contributed by atoms with Crippen LogP contribution in [-0.4, -0.2) is 48.9 Å². The number of anilines is 2. The molecule has 6 nitrogen and oxygen atoms in total. The molecule has 178 valence electrons. The quantitative estimate of drug-likeness (QED) is 0.507. The molecule has 0 spiro atoms. The van der Waals surface area contributed by atoms with Crippen molar-refractivity contribution in [1.29, 1.82) is 0 Å². The molecule has 34 heavy (non-hydrogen) atoms. The third-order valence-corrected chi connectivity index (χ3v) is 6.00. The number of piperazine rings is 1. The lowest BCUT2D eigenvalue weighted by Gasteiger charge is -2.31. The molecule has 1 atom stereocenters. The SMILES string of the molecule is Cl.Cl.O=C1Nc2c(cccc2N2CCNCC2)C(c2ccccc2)=N[C@H]1Cc1ccc(O)cc1.